The van der Waals surface area contributed by atoms with Crippen LogP contribution in [0.4, 0.5) is 0 Å². The summed E-state index contributed by atoms with van der Waals surface area (Å²) in [6, 6.07) is 9.98. The fraction of sp³-hybridized carbons (Fsp3) is 0.462. The van der Waals surface area contributed by atoms with Crippen LogP contribution in [0.2, 0.25) is 23.3 Å². The summed E-state index contributed by atoms with van der Waals surface area (Å²) in [7, 11) is -2.04. The summed E-state index contributed by atoms with van der Waals surface area (Å²) in [5.41, 5.74) is 4.06. The van der Waals surface area contributed by atoms with E-state index < -0.39 is 8.32 Å². The summed E-state index contributed by atoms with van der Waals surface area (Å²) in [6.45, 7) is 14.2. The maximum Gasteiger partial charge on any atom is 0.192 e. The van der Waals surface area contributed by atoms with Crippen molar-refractivity contribution in [1.82, 2.24) is 19.5 Å². The van der Waals surface area contributed by atoms with Crippen molar-refractivity contribution < 1.29 is 9.22 Å². The summed E-state index contributed by atoms with van der Waals surface area (Å²) < 4.78 is 8.73. The lowest BCUT2D eigenvalue weighted by atomic mass is 9.98. The van der Waals surface area contributed by atoms with Crippen molar-refractivity contribution >= 4 is 42.9 Å². The average Bonchev–Trinajstić information content (AvgIpc) is 3.40. The number of rotatable bonds is 8. The number of aromatic nitrogens is 4. The molecule has 1 aliphatic carbocycles. The SMILES string of the molecule is CC(C)C(C)(C)[Si](C)(C)OC[C@H]1C[C@@H](n2cnc3c(Cl)ncnc32)C(c2ccccc2)=C1C=O. The minimum atomic E-state index is -2.04. The molecule has 0 saturated heterocycles. The molecular weight excluding hydrogens is 464 g/mol. The fourth-order valence-corrected chi connectivity index (χ4v) is 7.27. The first kappa shape index (κ1) is 24.8. The molecule has 0 bridgehead atoms. The molecule has 0 radical (unpaired) electrons. The molecule has 2 heterocycles. The number of imidazole rings is 1. The van der Waals surface area contributed by atoms with Crippen molar-refractivity contribution in [2.75, 3.05) is 6.61 Å². The first-order valence-electron chi connectivity index (χ1n) is 11.8. The van der Waals surface area contributed by atoms with Gasteiger partial charge in [0.15, 0.2) is 19.1 Å². The molecule has 8 heteroatoms. The number of carbonyl (C=O) groups is 1. The zero-order chi connectivity index (χ0) is 24.7. The van der Waals surface area contributed by atoms with Crippen LogP contribution in [0.1, 0.15) is 45.7 Å². The van der Waals surface area contributed by atoms with Crippen LogP contribution in [-0.4, -0.2) is 40.7 Å². The second-order valence-corrected chi connectivity index (χ2v) is 15.4. The largest absolute Gasteiger partial charge is 0.416 e. The lowest BCUT2D eigenvalue weighted by Gasteiger charge is -2.43. The molecule has 3 aromatic rings. The molecule has 0 amide bonds. The topological polar surface area (TPSA) is 69.9 Å². The van der Waals surface area contributed by atoms with Crippen LogP contribution in [0.5, 0.6) is 0 Å². The summed E-state index contributed by atoms with van der Waals surface area (Å²) in [6.07, 6.45) is 4.95. The minimum absolute atomic E-state index is 0.0118. The molecule has 180 valence electrons. The first-order valence-corrected chi connectivity index (χ1v) is 15.1. The Labute approximate surface area is 207 Å². The maximum absolute atomic E-state index is 12.5. The predicted octanol–water partition coefficient (Wildman–Crippen LogP) is 6.35. The van der Waals surface area contributed by atoms with E-state index in [9.17, 15) is 4.79 Å². The molecule has 34 heavy (non-hydrogen) atoms. The van der Waals surface area contributed by atoms with Gasteiger partial charge < -0.3 is 8.99 Å². The van der Waals surface area contributed by atoms with Crippen LogP contribution in [0.15, 0.2) is 48.6 Å². The van der Waals surface area contributed by atoms with Crippen molar-refractivity contribution in [1.29, 1.82) is 0 Å². The highest BCUT2D eigenvalue weighted by Gasteiger charge is 2.45. The molecule has 0 N–H and O–H groups in total. The highest BCUT2D eigenvalue weighted by atomic mass is 35.5. The van der Waals surface area contributed by atoms with Crippen LogP contribution >= 0.6 is 11.6 Å². The zero-order valence-electron chi connectivity index (χ0n) is 20.7. The van der Waals surface area contributed by atoms with Crippen molar-refractivity contribution in [3.63, 3.8) is 0 Å². The van der Waals surface area contributed by atoms with Crippen molar-refractivity contribution in [2.24, 2.45) is 11.8 Å². The molecule has 2 aromatic heterocycles. The first-order chi connectivity index (χ1) is 16.1. The lowest BCUT2D eigenvalue weighted by Crippen LogP contribution is -2.46. The van der Waals surface area contributed by atoms with Gasteiger partial charge in [-0.05, 0) is 41.6 Å². The Morgan fingerprint density at radius 1 is 1.21 bits per heavy atom. The van der Waals surface area contributed by atoms with E-state index in [1.165, 1.54) is 6.33 Å². The summed E-state index contributed by atoms with van der Waals surface area (Å²) in [5.74, 6) is 0.496. The Hall–Kier alpha value is -2.35. The van der Waals surface area contributed by atoms with Gasteiger partial charge in [-0.2, -0.15) is 0 Å². The van der Waals surface area contributed by atoms with Crippen LogP contribution in [0.3, 0.4) is 0 Å². The van der Waals surface area contributed by atoms with E-state index in [0.717, 1.165) is 29.4 Å². The number of carbonyl (C=O) groups excluding carboxylic acids is 1. The highest BCUT2D eigenvalue weighted by molar-refractivity contribution is 6.74. The maximum atomic E-state index is 12.5. The van der Waals surface area contributed by atoms with E-state index in [4.69, 9.17) is 16.0 Å². The normalized spacial score (nSPS) is 19.4. The number of allylic oxidation sites excluding steroid dienone is 1. The predicted molar refractivity (Wildman–Crippen MR) is 139 cm³/mol. The Balaban J connectivity index is 1.75. The van der Waals surface area contributed by atoms with Crippen LogP contribution < -0.4 is 0 Å². The monoisotopic (exact) mass is 496 g/mol. The quantitative estimate of drug-likeness (QED) is 0.206. The van der Waals surface area contributed by atoms with E-state index in [0.29, 0.717) is 28.8 Å². The number of aldehydes is 1. The van der Waals surface area contributed by atoms with Gasteiger partial charge in [-0.25, -0.2) is 15.0 Å². The smallest absolute Gasteiger partial charge is 0.192 e. The van der Waals surface area contributed by atoms with Crippen LogP contribution in [0, 0.1) is 11.8 Å². The van der Waals surface area contributed by atoms with Gasteiger partial charge in [0, 0.05) is 18.1 Å². The molecular formula is C26H33ClN4O2Si. The second-order valence-electron chi connectivity index (χ2n) is 10.5. The number of halogens is 1. The molecule has 4 rings (SSSR count). The van der Waals surface area contributed by atoms with Crippen LogP contribution in [0.25, 0.3) is 16.7 Å². The second kappa shape index (κ2) is 9.36. The Morgan fingerprint density at radius 2 is 1.91 bits per heavy atom. The fourth-order valence-electron chi connectivity index (χ4n) is 4.72. The minimum Gasteiger partial charge on any atom is -0.416 e. The van der Waals surface area contributed by atoms with Gasteiger partial charge in [-0.1, -0.05) is 69.6 Å². The third-order valence-electron chi connectivity index (χ3n) is 8.09. The number of fused-ring (bicyclic) bond motifs is 1. The number of hydrogen-bond acceptors (Lipinski definition) is 5. The van der Waals surface area contributed by atoms with E-state index >= 15 is 0 Å². The molecule has 1 aromatic carbocycles. The van der Waals surface area contributed by atoms with Gasteiger partial charge in [-0.3, -0.25) is 4.79 Å². The van der Waals surface area contributed by atoms with E-state index in [2.05, 4.69) is 67.9 Å². The van der Waals surface area contributed by atoms with Gasteiger partial charge in [-0.15, -0.1) is 0 Å². The average molecular weight is 497 g/mol. The zero-order valence-corrected chi connectivity index (χ0v) is 22.5. The third-order valence-corrected chi connectivity index (χ3v) is 12.9. The summed E-state index contributed by atoms with van der Waals surface area (Å²) >= 11 is 6.27. The molecule has 0 fully saturated rings. The summed E-state index contributed by atoms with van der Waals surface area (Å²) in [4.78, 5) is 25.5. The molecule has 0 saturated carbocycles. The van der Waals surface area contributed by atoms with Gasteiger partial charge in [0.1, 0.15) is 18.1 Å². The molecule has 2 atom stereocenters. The van der Waals surface area contributed by atoms with Gasteiger partial charge in [0.2, 0.25) is 0 Å². The third kappa shape index (κ3) is 4.25. The van der Waals surface area contributed by atoms with E-state index in [-0.39, 0.29) is 17.0 Å². The van der Waals surface area contributed by atoms with Crippen molar-refractivity contribution in [3.05, 3.63) is 59.3 Å². The molecule has 1 aliphatic rings. The van der Waals surface area contributed by atoms with Gasteiger partial charge in [0.05, 0.1) is 12.4 Å². The molecule has 0 spiro atoms. The van der Waals surface area contributed by atoms with E-state index in [1.807, 2.05) is 22.8 Å². The summed E-state index contributed by atoms with van der Waals surface area (Å²) in [5, 5.41) is 0.429. The number of nitrogens with zero attached hydrogens (tertiary/aromatic N) is 4. The standard InChI is InChI=1S/C26H33ClN4O2Si/c1-17(2)26(3,4)34(5,6)33-14-19-12-21(22(20(19)13-32)18-10-8-7-9-11-18)31-16-30-23-24(27)28-15-29-25(23)31/h7-11,13,15-17,19,21H,12,14H2,1-6H3/t19-,21-/m1/s1. The molecule has 6 nitrogen and oxygen atoms in total. The Bertz CT molecular complexity index is 1220. The van der Waals surface area contributed by atoms with E-state index in [1.54, 1.807) is 6.33 Å². The van der Waals surface area contributed by atoms with Crippen molar-refractivity contribution in [2.45, 2.75) is 58.3 Å². The Morgan fingerprint density at radius 3 is 2.56 bits per heavy atom. The molecule has 0 aliphatic heterocycles. The molecule has 0 unspecified atom stereocenters. The Kier molecular flexibility index (Phi) is 6.82. The van der Waals surface area contributed by atoms with Gasteiger partial charge in [0.25, 0.3) is 0 Å². The van der Waals surface area contributed by atoms with Gasteiger partial charge >= 0.3 is 0 Å². The van der Waals surface area contributed by atoms with Crippen molar-refractivity contribution in [3.8, 4) is 0 Å². The number of benzene rings is 1. The van der Waals surface area contributed by atoms with Crippen LogP contribution in [-0.2, 0) is 9.22 Å². The number of hydrogen-bond donors (Lipinski definition) is 0. The highest BCUT2D eigenvalue weighted by Crippen LogP contribution is 2.48. The lowest BCUT2D eigenvalue weighted by molar-refractivity contribution is -0.105.